The number of urea groups is 1. The number of nitrogens with zero attached hydrogens (tertiary/aromatic N) is 1. The fraction of sp³-hybridized carbons (Fsp3) is 0.556. The summed E-state index contributed by atoms with van der Waals surface area (Å²) in [5, 5.41) is 6.06. The minimum absolute atomic E-state index is 0.207. The first-order chi connectivity index (χ1) is 11.1. The standard InChI is InChI=1S/C12H15N3OS.3C2H6/c1-4-13-11(16)15-12-14-9-6-7(2)5-8(3)10(9)17-12;3*1-2/h5-6H,4H2,1-3H3,(H2,13,14,15,16);3*1-2H3. The van der Waals surface area contributed by atoms with E-state index < -0.39 is 0 Å². The summed E-state index contributed by atoms with van der Waals surface area (Å²) in [4.78, 5) is 15.8. The number of hydrogen-bond donors (Lipinski definition) is 2. The Morgan fingerprint density at radius 1 is 1.09 bits per heavy atom. The first-order valence-corrected chi connectivity index (χ1v) is 9.34. The van der Waals surface area contributed by atoms with Gasteiger partial charge in [0.25, 0.3) is 0 Å². The number of hydrogen-bond acceptors (Lipinski definition) is 3. The highest BCUT2D eigenvalue weighted by Gasteiger charge is 2.08. The zero-order valence-electron chi connectivity index (χ0n) is 16.1. The molecular weight excluding hydrogens is 306 g/mol. The molecule has 0 fully saturated rings. The topological polar surface area (TPSA) is 54.0 Å². The number of anilines is 1. The van der Waals surface area contributed by atoms with Crippen LogP contribution in [0.5, 0.6) is 0 Å². The molecule has 0 spiro atoms. The Morgan fingerprint density at radius 3 is 2.17 bits per heavy atom. The molecule has 0 aliphatic heterocycles. The molecular formula is C18H33N3OS. The van der Waals surface area contributed by atoms with Crippen molar-refractivity contribution in [2.75, 3.05) is 11.9 Å². The summed E-state index contributed by atoms with van der Waals surface area (Å²) in [6.45, 7) is 18.6. The SMILES string of the molecule is CC.CC.CC.CCNC(=O)Nc1nc2cc(C)cc(C)c2s1. The zero-order chi connectivity index (χ0) is 18.4. The van der Waals surface area contributed by atoms with Gasteiger partial charge in [0.1, 0.15) is 0 Å². The number of nitrogens with one attached hydrogen (secondary N) is 2. The van der Waals surface area contributed by atoms with E-state index in [9.17, 15) is 4.79 Å². The second kappa shape index (κ2) is 14.0. The molecule has 5 heteroatoms. The molecule has 0 radical (unpaired) electrons. The van der Waals surface area contributed by atoms with Crippen molar-refractivity contribution in [3.63, 3.8) is 0 Å². The van der Waals surface area contributed by atoms with E-state index in [4.69, 9.17) is 0 Å². The lowest BCUT2D eigenvalue weighted by molar-refractivity contribution is 0.252. The van der Waals surface area contributed by atoms with Crippen LogP contribution in [0.15, 0.2) is 12.1 Å². The number of thiazole rings is 1. The summed E-state index contributed by atoms with van der Waals surface area (Å²) in [5.74, 6) is 0. The zero-order valence-corrected chi connectivity index (χ0v) is 16.9. The van der Waals surface area contributed by atoms with Gasteiger partial charge in [-0.15, -0.1) is 0 Å². The van der Waals surface area contributed by atoms with Crippen LogP contribution in [0.3, 0.4) is 0 Å². The molecule has 0 saturated carbocycles. The van der Waals surface area contributed by atoms with Gasteiger partial charge in [0.15, 0.2) is 5.13 Å². The van der Waals surface area contributed by atoms with Crippen molar-refractivity contribution >= 4 is 32.7 Å². The van der Waals surface area contributed by atoms with Gasteiger partial charge in [-0.05, 0) is 38.0 Å². The molecule has 1 aromatic heterocycles. The molecule has 2 amide bonds. The quantitative estimate of drug-likeness (QED) is 0.691. The van der Waals surface area contributed by atoms with Crippen LogP contribution in [0.2, 0.25) is 0 Å². The molecule has 2 N–H and O–H groups in total. The molecule has 2 aromatic rings. The number of carbonyl (C=O) groups is 1. The lowest BCUT2D eigenvalue weighted by atomic mass is 10.1. The number of rotatable bonds is 2. The number of fused-ring (bicyclic) bond motifs is 1. The van der Waals surface area contributed by atoms with Gasteiger partial charge in [0.05, 0.1) is 10.2 Å². The van der Waals surface area contributed by atoms with Crippen LogP contribution in [0.1, 0.15) is 59.6 Å². The molecule has 132 valence electrons. The maximum Gasteiger partial charge on any atom is 0.321 e. The number of amides is 2. The predicted octanol–water partition coefficient (Wildman–Crippen LogP) is 6.13. The number of aryl methyl sites for hydroxylation is 2. The lowest BCUT2D eigenvalue weighted by Crippen LogP contribution is -2.28. The lowest BCUT2D eigenvalue weighted by Gasteiger charge is -2.00. The van der Waals surface area contributed by atoms with E-state index in [1.165, 1.54) is 22.5 Å². The van der Waals surface area contributed by atoms with Crippen LogP contribution in [-0.4, -0.2) is 17.6 Å². The maximum absolute atomic E-state index is 11.4. The molecule has 4 nitrogen and oxygen atoms in total. The Bertz CT molecular complexity index is 565. The van der Waals surface area contributed by atoms with Gasteiger partial charge in [-0.2, -0.15) is 0 Å². The highest BCUT2D eigenvalue weighted by molar-refractivity contribution is 7.22. The van der Waals surface area contributed by atoms with Gasteiger partial charge in [0, 0.05) is 6.54 Å². The third-order valence-corrected chi connectivity index (χ3v) is 3.50. The molecule has 0 atom stereocenters. The smallest absolute Gasteiger partial charge is 0.321 e. The van der Waals surface area contributed by atoms with Gasteiger partial charge in [0.2, 0.25) is 0 Å². The molecule has 0 bridgehead atoms. The Kier molecular flexibility index (Phi) is 14.4. The van der Waals surface area contributed by atoms with Gasteiger partial charge >= 0.3 is 6.03 Å². The van der Waals surface area contributed by atoms with Crippen molar-refractivity contribution < 1.29 is 4.79 Å². The number of benzene rings is 1. The molecule has 0 aliphatic rings. The fourth-order valence-corrected chi connectivity index (χ4v) is 2.64. The van der Waals surface area contributed by atoms with Crippen LogP contribution < -0.4 is 10.6 Å². The largest absolute Gasteiger partial charge is 0.338 e. The highest BCUT2D eigenvalue weighted by atomic mass is 32.1. The Labute approximate surface area is 145 Å². The van der Waals surface area contributed by atoms with Crippen LogP contribution in [0, 0.1) is 13.8 Å². The van der Waals surface area contributed by atoms with Crippen molar-refractivity contribution in [1.82, 2.24) is 10.3 Å². The molecule has 0 unspecified atom stereocenters. The van der Waals surface area contributed by atoms with Crippen LogP contribution >= 0.6 is 11.3 Å². The van der Waals surface area contributed by atoms with Gasteiger partial charge in [-0.3, -0.25) is 5.32 Å². The van der Waals surface area contributed by atoms with E-state index in [2.05, 4.69) is 28.6 Å². The average molecular weight is 340 g/mol. The van der Waals surface area contributed by atoms with Crippen LogP contribution in [0.25, 0.3) is 10.2 Å². The number of carbonyl (C=O) groups excluding carboxylic acids is 1. The maximum atomic E-state index is 11.4. The third-order valence-electron chi connectivity index (χ3n) is 2.38. The Morgan fingerprint density at radius 2 is 1.65 bits per heavy atom. The van der Waals surface area contributed by atoms with Crippen LogP contribution in [-0.2, 0) is 0 Å². The molecule has 1 aromatic carbocycles. The third kappa shape index (κ3) is 7.98. The molecule has 0 aliphatic carbocycles. The number of aromatic nitrogens is 1. The fourth-order valence-electron chi connectivity index (χ4n) is 1.73. The first kappa shape index (κ1) is 23.6. The van der Waals surface area contributed by atoms with Crippen molar-refractivity contribution in [2.45, 2.75) is 62.3 Å². The van der Waals surface area contributed by atoms with E-state index in [0.717, 1.165) is 10.2 Å². The Hall–Kier alpha value is -1.62. The van der Waals surface area contributed by atoms with Crippen LogP contribution in [0.4, 0.5) is 9.93 Å². The minimum atomic E-state index is -0.207. The summed E-state index contributed by atoms with van der Waals surface area (Å²) in [6, 6.07) is 3.94. The monoisotopic (exact) mass is 339 g/mol. The van der Waals surface area contributed by atoms with Gasteiger partial charge in [-0.1, -0.05) is 58.9 Å². The molecule has 0 saturated heterocycles. The summed E-state index contributed by atoms with van der Waals surface area (Å²) < 4.78 is 1.13. The van der Waals surface area contributed by atoms with Crippen molar-refractivity contribution in [3.8, 4) is 0 Å². The van der Waals surface area contributed by atoms with E-state index in [1.807, 2.05) is 61.5 Å². The highest BCUT2D eigenvalue weighted by Crippen LogP contribution is 2.29. The molecule has 23 heavy (non-hydrogen) atoms. The van der Waals surface area contributed by atoms with Crippen molar-refractivity contribution in [1.29, 1.82) is 0 Å². The van der Waals surface area contributed by atoms with E-state index >= 15 is 0 Å². The summed E-state index contributed by atoms with van der Waals surface area (Å²) in [5.41, 5.74) is 3.32. The van der Waals surface area contributed by atoms with Gasteiger partial charge < -0.3 is 5.32 Å². The molecule has 2 rings (SSSR count). The average Bonchev–Trinajstić information content (AvgIpc) is 2.96. The van der Waals surface area contributed by atoms with E-state index in [1.54, 1.807) is 0 Å². The van der Waals surface area contributed by atoms with E-state index in [-0.39, 0.29) is 6.03 Å². The second-order valence-electron chi connectivity index (χ2n) is 3.93. The molecule has 1 heterocycles. The van der Waals surface area contributed by atoms with E-state index in [0.29, 0.717) is 11.7 Å². The Balaban J connectivity index is 0. The summed E-state index contributed by atoms with van der Waals surface area (Å²) >= 11 is 1.50. The summed E-state index contributed by atoms with van der Waals surface area (Å²) in [7, 11) is 0. The first-order valence-electron chi connectivity index (χ1n) is 8.52. The van der Waals surface area contributed by atoms with Gasteiger partial charge in [-0.25, -0.2) is 9.78 Å². The second-order valence-corrected chi connectivity index (χ2v) is 4.93. The predicted molar refractivity (Wildman–Crippen MR) is 106 cm³/mol. The van der Waals surface area contributed by atoms with Crippen molar-refractivity contribution in [3.05, 3.63) is 23.3 Å². The normalized spacial score (nSPS) is 8.57. The minimum Gasteiger partial charge on any atom is -0.338 e. The van der Waals surface area contributed by atoms with Crippen molar-refractivity contribution in [2.24, 2.45) is 0 Å². The summed E-state index contributed by atoms with van der Waals surface area (Å²) in [6.07, 6.45) is 0.